The van der Waals surface area contributed by atoms with Crippen LogP contribution in [0.5, 0.6) is 5.75 Å². The summed E-state index contributed by atoms with van der Waals surface area (Å²) in [6, 6.07) is 12.0. The van der Waals surface area contributed by atoms with Crippen molar-refractivity contribution >= 4 is 23.9 Å². The van der Waals surface area contributed by atoms with Crippen LogP contribution in [0.25, 0.3) is 6.08 Å². The van der Waals surface area contributed by atoms with Gasteiger partial charge in [0.2, 0.25) is 6.41 Å². The molecule has 6 nitrogen and oxygen atoms in total. The quantitative estimate of drug-likeness (QED) is 0.441. The van der Waals surface area contributed by atoms with Crippen molar-refractivity contribution in [1.29, 1.82) is 0 Å². The van der Waals surface area contributed by atoms with Gasteiger partial charge in [0.1, 0.15) is 5.75 Å². The van der Waals surface area contributed by atoms with E-state index in [1.807, 2.05) is 12.1 Å². The molecule has 0 radical (unpaired) electrons. The number of carbonyl (C=O) groups excluding carboxylic acids is 1. The number of amides is 1. The van der Waals surface area contributed by atoms with Crippen molar-refractivity contribution in [2.45, 2.75) is 13.5 Å². The van der Waals surface area contributed by atoms with Crippen LogP contribution in [0, 0.1) is 10.1 Å². The van der Waals surface area contributed by atoms with E-state index in [0.29, 0.717) is 24.2 Å². The summed E-state index contributed by atoms with van der Waals surface area (Å²) in [4.78, 5) is 23.8. The van der Waals surface area contributed by atoms with Crippen LogP contribution in [0.3, 0.4) is 0 Å². The van der Waals surface area contributed by atoms with E-state index in [1.54, 1.807) is 50.5 Å². The average Bonchev–Trinajstić information content (AvgIpc) is 2.60. The summed E-state index contributed by atoms with van der Waals surface area (Å²) < 4.78 is 5.11. The van der Waals surface area contributed by atoms with Gasteiger partial charge in [0, 0.05) is 6.07 Å². The Bertz CT molecular complexity index is 754. The molecule has 0 N–H and O–H groups in total. The van der Waals surface area contributed by atoms with E-state index in [0.717, 1.165) is 11.3 Å². The zero-order chi connectivity index (χ0) is 17.5. The second-order valence-electron chi connectivity index (χ2n) is 5.05. The first-order chi connectivity index (χ1) is 11.6. The van der Waals surface area contributed by atoms with E-state index in [4.69, 9.17) is 4.74 Å². The minimum absolute atomic E-state index is 0.0350. The number of allylic oxidation sites excluding steroid dienone is 1. The van der Waals surface area contributed by atoms with Gasteiger partial charge in [-0.1, -0.05) is 30.4 Å². The second-order valence-corrected chi connectivity index (χ2v) is 5.05. The first-order valence-corrected chi connectivity index (χ1v) is 7.35. The van der Waals surface area contributed by atoms with E-state index in [2.05, 4.69) is 0 Å². The number of ether oxygens (including phenoxy) is 1. The van der Waals surface area contributed by atoms with Gasteiger partial charge in [0.15, 0.2) is 0 Å². The number of nitro benzene ring substituents is 1. The fourth-order valence-electron chi connectivity index (χ4n) is 2.40. The molecule has 2 aromatic rings. The lowest BCUT2D eigenvalue weighted by molar-refractivity contribution is -0.385. The Hall–Kier alpha value is -3.15. The molecule has 0 saturated carbocycles. The lowest BCUT2D eigenvalue weighted by Crippen LogP contribution is -2.21. The normalized spacial score (nSPS) is 10.6. The maximum absolute atomic E-state index is 11.6. The Kier molecular flexibility index (Phi) is 5.68. The molecule has 0 unspecified atom stereocenters. The van der Waals surface area contributed by atoms with Gasteiger partial charge in [-0.3, -0.25) is 14.9 Å². The first kappa shape index (κ1) is 17.2. The summed E-state index contributed by atoms with van der Waals surface area (Å²) in [5, 5.41) is 11.2. The predicted octanol–water partition coefficient (Wildman–Crippen LogP) is 3.80. The van der Waals surface area contributed by atoms with Gasteiger partial charge in [0.25, 0.3) is 5.69 Å². The van der Waals surface area contributed by atoms with Crippen molar-refractivity contribution in [3.63, 3.8) is 0 Å². The molecular formula is C18H18N2O4. The molecule has 0 aliphatic carbocycles. The van der Waals surface area contributed by atoms with Gasteiger partial charge in [-0.05, 0) is 30.7 Å². The van der Waals surface area contributed by atoms with Crippen molar-refractivity contribution in [2.24, 2.45) is 0 Å². The smallest absolute Gasteiger partial charge is 0.278 e. The minimum Gasteiger partial charge on any atom is -0.497 e. The van der Waals surface area contributed by atoms with Crippen LogP contribution in [-0.4, -0.2) is 18.4 Å². The number of methoxy groups -OCH3 is 1. The number of rotatable bonds is 7. The van der Waals surface area contributed by atoms with Crippen LogP contribution in [0.15, 0.2) is 48.5 Å². The van der Waals surface area contributed by atoms with E-state index in [9.17, 15) is 14.9 Å². The lowest BCUT2D eigenvalue weighted by atomic mass is 10.1. The number of nitro groups is 1. The highest BCUT2D eigenvalue weighted by Gasteiger charge is 2.19. The summed E-state index contributed by atoms with van der Waals surface area (Å²) in [5.74, 6) is 0.723. The van der Waals surface area contributed by atoms with E-state index < -0.39 is 4.92 Å². The van der Waals surface area contributed by atoms with Gasteiger partial charge in [-0.15, -0.1) is 0 Å². The minimum atomic E-state index is -0.449. The molecule has 0 saturated heterocycles. The Morgan fingerprint density at radius 1 is 1.21 bits per heavy atom. The summed E-state index contributed by atoms with van der Waals surface area (Å²) >= 11 is 0. The fraction of sp³-hybridized carbons (Fsp3) is 0.167. The third kappa shape index (κ3) is 3.78. The number of benzene rings is 2. The van der Waals surface area contributed by atoms with Crippen molar-refractivity contribution in [2.75, 3.05) is 12.0 Å². The number of hydrogen-bond donors (Lipinski definition) is 0. The molecule has 2 aromatic carbocycles. The summed E-state index contributed by atoms with van der Waals surface area (Å²) in [6.07, 6.45) is 4.02. The largest absolute Gasteiger partial charge is 0.497 e. The molecule has 2 rings (SSSR count). The monoisotopic (exact) mass is 326 g/mol. The van der Waals surface area contributed by atoms with E-state index >= 15 is 0 Å². The molecule has 0 fully saturated rings. The summed E-state index contributed by atoms with van der Waals surface area (Å²) in [7, 11) is 1.58. The number of hydrogen-bond acceptors (Lipinski definition) is 4. The molecule has 0 bridgehead atoms. The van der Waals surface area contributed by atoms with E-state index in [-0.39, 0.29) is 5.69 Å². The van der Waals surface area contributed by atoms with Crippen LogP contribution in [0.2, 0.25) is 0 Å². The molecule has 0 aromatic heterocycles. The van der Waals surface area contributed by atoms with Gasteiger partial charge in [0.05, 0.1) is 29.8 Å². The third-order valence-corrected chi connectivity index (χ3v) is 3.54. The first-order valence-electron chi connectivity index (χ1n) is 7.35. The van der Waals surface area contributed by atoms with Crippen LogP contribution in [0.4, 0.5) is 11.4 Å². The third-order valence-electron chi connectivity index (χ3n) is 3.54. The highest BCUT2D eigenvalue weighted by Crippen LogP contribution is 2.31. The zero-order valence-corrected chi connectivity index (χ0v) is 13.5. The van der Waals surface area contributed by atoms with Gasteiger partial charge in [-0.2, -0.15) is 0 Å². The molecular weight excluding hydrogens is 308 g/mol. The maximum Gasteiger partial charge on any atom is 0.278 e. The van der Waals surface area contributed by atoms with Crippen molar-refractivity contribution < 1.29 is 14.5 Å². The van der Waals surface area contributed by atoms with Gasteiger partial charge in [-0.25, -0.2) is 0 Å². The van der Waals surface area contributed by atoms with Crippen molar-refractivity contribution in [3.05, 3.63) is 69.8 Å². The van der Waals surface area contributed by atoms with Gasteiger partial charge >= 0.3 is 0 Å². The zero-order valence-electron chi connectivity index (χ0n) is 13.5. The highest BCUT2D eigenvalue weighted by atomic mass is 16.6. The molecule has 0 heterocycles. The highest BCUT2D eigenvalue weighted by molar-refractivity contribution is 5.84. The Morgan fingerprint density at radius 3 is 2.46 bits per heavy atom. The summed E-state index contributed by atoms with van der Waals surface area (Å²) in [5.41, 5.74) is 1.76. The van der Waals surface area contributed by atoms with E-state index in [1.165, 1.54) is 11.0 Å². The number of nitrogens with zero attached hydrogens (tertiary/aromatic N) is 2. The Morgan fingerprint density at radius 2 is 1.92 bits per heavy atom. The molecule has 0 atom stereocenters. The van der Waals surface area contributed by atoms with Crippen LogP contribution >= 0.6 is 0 Å². The molecule has 0 spiro atoms. The fourth-order valence-corrected chi connectivity index (χ4v) is 2.40. The second kappa shape index (κ2) is 7.92. The molecule has 124 valence electrons. The van der Waals surface area contributed by atoms with Gasteiger partial charge < -0.3 is 9.64 Å². The molecule has 6 heteroatoms. The molecule has 0 aliphatic rings. The molecule has 1 amide bonds. The number of anilines is 1. The maximum atomic E-state index is 11.6. The summed E-state index contributed by atoms with van der Waals surface area (Å²) in [6.45, 7) is 2.08. The van der Waals surface area contributed by atoms with Crippen LogP contribution < -0.4 is 9.64 Å². The lowest BCUT2D eigenvalue weighted by Gasteiger charge is -2.20. The Labute approximate surface area is 140 Å². The van der Waals surface area contributed by atoms with Crippen molar-refractivity contribution in [3.8, 4) is 5.75 Å². The van der Waals surface area contributed by atoms with Crippen molar-refractivity contribution in [1.82, 2.24) is 0 Å². The number of carbonyl (C=O) groups is 1. The topological polar surface area (TPSA) is 72.7 Å². The standard InChI is InChI=1S/C18H18N2O4/c1-3-5-16-17(6-4-7-18(16)20(22)23)19(13-21)12-14-8-10-15(24-2)11-9-14/h3-11,13H,12H2,1-2H3/b5-3-. The van der Waals surface area contributed by atoms with Crippen LogP contribution in [0.1, 0.15) is 18.1 Å². The molecule has 0 aliphatic heterocycles. The van der Waals surface area contributed by atoms with Crippen LogP contribution in [-0.2, 0) is 11.3 Å². The molecule has 24 heavy (non-hydrogen) atoms. The Balaban J connectivity index is 2.40. The SMILES string of the molecule is C/C=C\c1c(N(C=O)Cc2ccc(OC)cc2)cccc1[N+](=O)[O-]. The average molecular weight is 326 g/mol. The predicted molar refractivity (Wildman–Crippen MR) is 93.0 cm³/mol.